The Hall–Kier alpha value is -1.20. The van der Waals surface area contributed by atoms with Crippen molar-refractivity contribution in [3.8, 4) is 0 Å². The summed E-state index contributed by atoms with van der Waals surface area (Å²) in [7, 11) is 1.62. The lowest BCUT2D eigenvalue weighted by atomic mass is 10.3. The predicted octanol–water partition coefficient (Wildman–Crippen LogP) is 1.67. The minimum absolute atomic E-state index is 0.00537. The molecule has 5 heteroatoms. The normalized spacial score (nSPS) is 13.2. The summed E-state index contributed by atoms with van der Waals surface area (Å²) in [5.74, 6) is 0. The number of fused-ring (bicyclic) bond motifs is 1. The summed E-state index contributed by atoms with van der Waals surface area (Å²) < 4.78 is 6.63. The maximum Gasteiger partial charge on any atom is 0.262 e. The number of hydrogen-bond acceptors (Lipinski definition) is 4. The fourth-order valence-corrected chi connectivity index (χ4v) is 2.23. The zero-order chi connectivity index (χ0) is 10.8. The molecule has 0 aliphatic heterocycles. The molecule has 15 heavy (non-hydrogen) atoms. The van der Waals surface area contributed by atoms with Crippen LogP contribution >= 0.6 is 11.3 Å². The summed E-state index contributed by atoms with van der Waals surface area (Å²) >= 11 is 1.48. The van der Waals surface area contributed by atoms with Gasteiger partial charge in [0, 0.05) is 7.11 Å². The van der Waals surface area contributed by atoms with Crippen molar-refractivity contribution in [1.29, 1.82) is 0 Å². The Morgan fingerprint density at radius 2 is 2.47 bits per heavy atom. The average molecular weight is 224 g/mol. The summed E-state index contributed by atoms with van der Waals surface area (Å²) in [6.45, 7) is 2.45. The second kappa shape index (κ2) is 4.12. The number of hydrogen-bond donors (Lipinski definition) is 0. The molecule has 2 aromatic heterocycles. The van der Waals surface area contributed by atoms with Crippen LogP contribution in [0.3, 0.4) is 0 Å². The maximum absolute atomic E-state index is 12.0. The molecule has 0 aliphatic carbocycles. The van der Waals surface area contributed by atoms with Gasteiger partial charge in [0.15, 0.2) is 0 Å². The van der Waals surface area contributed by atoms with Crippen LogP contribution in [-0.2, 0) is 4.74 Å². The van der Waals surface area contributed by atoms with Gasteiger partial charge in [0.1, 0.15) is 4.83 Å². The molecule has 80 valence electrons. The van der Waals surface area contributed by atoms with E-state index in [1.165, 1.54) is 11.3 Å². The van der Waals surface area contributed by atoms with Crippen molar-refractivity contribution in [2.45, 2.75) is 13.0 Å². The van der Waals surface area contributed by atoms with Crippen LogP contribution in [0.15, 0.2) is 22.6 Å². The minimum atomic E-state index is 0.00537. The highest BCUT2D eigenvalue weighted by Crippen LogP contribution is 2.14. The van der Waals surface area contributed by atoms with E-state index in [-0.39, 0.29) is 11.6 Å². The van der Waals surface area contributed by atoms with Crippen LogP contribution in [0.1, 0.15) is 13.0 Å². The van der Waals surface area contributed by atoms with Gasteiger partial charge in [0.25, 0.3) is 5.56 Å². The third-order valence-corrected chi connectivity index (χ3v) is 3.11. The topological polar surface area (TPSA) is 44.1 Å². The summed E-state index contributed by atoms with van der Waals surface area (Å²) in [4.78, 5) is 17.0. The van der Waals surface area contributed by atoms with Crippen LogP contribution in [0.4, 0.5) is 0 Å². The van der Waals surface area contributed by atoms with E-state index >= 15 is 0 Å². The van der Waals surface area contributed by atoms with E-state index in [2.05, 4.69) is 4.98 Å². The molecule has 1 atom stereocenters. The molecular weight excluding hydrogens is 212 g/mol. The molecule has 0 fully saturated rings. The van der Waals surface area contributed by atoms with E-state index in [0.29, 0.717) is 12.0 Å². The van der Waals surface area contributed by atoms with Crippen LogP contribution in [-0.4, -0.2) is 23.3 Å². The molecule has 1 unspecified atom stereocenters. The van der Waals surface area contributed by atoms with Gasteiger partial charge in [-0.25, -0.2) is 4.98 Å². The highest BCUT2D eigenvalue weighted by Gasteiger charge is 2.09. The Labute approximate surface area is 91.1 Å². The SMILES string of the molecule is COCC(C)n1cnc2sccc2c1=O. The van der Waals surface area contributed by atoms with Crippen molar-refractivity contribution in [3.63, 3.8) is 0 Å². The second-order valence-electron chi connectivity index (χ2n) is 3.40. The van der Waals surface area contributed by atoms with Gasteiger partial charge in [-0.2, -0.15) is 0 Å². The summed E-state index contributed by atoms with van der Waals surface area (Å²) in [6.07, 6.45) is 1.59. The molecule has 0 saturated carbocycles. The number of nitrogens with zero attached hydrogens (tertiary/aromatic N) is 2. The first kappa shape index (κ1) is 10.3. The number of methoxy groups -OCH3 is 1. The third kappa shape index (κ3) is 1.80. The molecule has 2 rings (SSSR count). The number of aromatic nitrogens is 2. The zero-order valence-electron chi connectivity index (χ0n) is 8.64. The molecule has 0 saturated heterocycles. The third-order valence-electron chi connectivity index (χ3n) is 2.29. The van der Waals surface area contributed by atoms with E-state index in [1.54, 1.807) is 18.0 Å². The Bertz CT molecular complexity index is 517. The lowest BCUT2D eigenvalue weighted by Crippen LogP contribution is -2.25. The van der Waals surface area contributed by atoms with Gasteiger partial charge in [-0.15, -0.1) is 11.3 Å². The molecule has 0 bridgehead atoms. The fourth-order valence-electron chi connectivity index (χ4n) is 1.51. The lowest BCUT2D eigenvalue weighted by molar-refractivity contribution is 0.160. The van der Waals surface area contributed by atoms with Crippen molar-refractivity contribution in [1.82, 2.24) is 9.55 Å². The summed E-state index contributed by atoms with van der Waals surface area (Å²) in [5.41, 5.74) is 0.00537. The summed E-state index contributed by atoms with van der Waals surface area (Å²) in [6, 6.07) is 1.82. The van der Waals surface area contributed by atoms with Crippen molar-refractivity contribution in [3.05, 3.63) is 28.1 Å². The first-order valence-corrected chi connectivity index (χ1v) is 5.55. The molecule has 0 aliphatic rings. The van der Waals surface area contributed by atoms with E-state index in [9.17, 15) is 4.79 Å². The summed E-state index contributed by atoms with van der Waals surface area (Å²) in [5, 5.41) is 2.56. The first-order chi connectivity index (χ1) is 7.24. The average Bonchev–Trinajstić information content (AvgIpc) is 2.67. The molecule has 0 radical (unpaired) electrons. The van der Waals surface area contributed by atoms with Gasteiger partial charge < -0.3 is 4.74 Å². The van der Waals surface area contributed by atoms with Crippen LogP contribution in [0.2, 0.25) is 0 Å². The van der Waals surface area contributed by atoms with Crippen LogP contribution in [0.5, 0.6) is 0 Å². The number of thiophene rings is 1. The Balaban J connectivity index is 2.52. The second-order valence-corrected chi connectivity index (χ2v) is 4.30. The van der Waals surface area contributed by atoms with Crippen molar-refractivity contribution in [2.75, 3.05) is 13.7 Å². The largest absolute Gasteiger partial charge is 0.383 e. The molecule has 4 nitrogen and oxygen atoms in total. The van der Waals surface area contributed by atoms with E-state index in [4.69, 9.17) is 4.74 Å². The molecule has 0 amide bonds. The molecule has 2 aromatic rings. The van der Waals surface area contributed by atoms with E-state index in [1.807, 2.05) is 18.4 Å². The van der Waals surface area contributed by atoms with E-state index < -0.39 is 0 Å². The standard InChI is InChI=1S/C10H12N2O2S/c1-7(5-14-2)12-6-11-9-8(10(12)13)3-4-15-9/h3-4,6-7H,5H2,1-2H3. The van der Waals surface area contributed by atoms with Crippen LogP contribution < -0.4 is 5.56 Å². The Kier molecular flexibility index (Phi) is 2.83. The highest BCUT2D eigenvalue weighted by molar-refractivity contribution is 7.16. The Morgan fingerprint density at radius 1 is 1.67 bits per heavy atom. The van der Waals surface area contributed by atoms with Gasteiger partial charge in [-0.05, 0) is 18.4 Å². The highest BCUT2D eigenvalue weighted by atomic mass is 32.1. The van der Waals surface area contributed by atoms with Gasteiger partial charge in [0.05, 0.1) is 24.4 Å². The zero-order valence-corrected chi connectivity index (χ0v) is 9.45. The van der Waals surface area contributed by atoms with Crippen molar-refractivity contribution in [2.24, 2.45) is 0 Å². The van der Waals surface area contributed by atoms with Gasteiger partial charge in [-0.3, -0.25) is 9.36 Å². The quantitative estimate of drug-likeness (QED) is 0.796. The first-order valence-electron chi connectivity index (χ1n) is 4.67. The molecule has 2 heterocycles. The van der Waals surface area contributed by atoms with Crippen molar-refractivity contribution >= 4 is 21.6 Å². The Morgan fingerprint density at radius 3 is 3.20 bits per heavy atom. The molecule has 0 aromatic carbocycles. The van der Waals surface area contributed by atoms with Crippen molar-refractivity contribution < 1.29 is 4.74 Å². The van der Waals surface area contributed by atoms with E-state index in [0.717, 1.165) is 4.83 Å². The monoisotopic (exact) mass is 224 g/mol. The van der Waals surface area contributed by atoms with Gasteiger partial charge in [-0.1, -0.05) is 0 Å². The van der Waals surface area contributed by atoms with Gasteiger partial charge >= 0.3 is 0 Å². The lowest BCUT2D eigenvalue weighted by Gasteiger charge is -2.12. The van der Waals surface area contributed by atoms with Crippen LogP contribution in [0, 0.1) is 0 Å². The maximum atomic E-state index is 12.0. The number of ether oxygens (including phenoxy) is 1. The van der Waals surface area contributed by atoms with Gasteiger partial charge in [0.2, 0.25) is 0 Å². The molecule has 0 N–H and O–H groups in total. The predicted molar refractivity (Wildman–Crippen MR) is 60.5 cm³/mol. The fraction of sp³-hybridized carbons (Fsp3) is 0.400. The molecular formula is C10H12N2O2S. The molecule has 0 spiro atoms. The van der Waals surface area contributed by atoms with Crippen LogP contribution in [0.25, 0.3) is 10.2 Å². The minimum Gasteiger partial charge on any atom is -0.383 e. The number of rotatable bonds is 3. The smallest absolute Gasteiger partial charge is 0.262 e.